The summed E-state index contributed by atoms with van der Waals surface area (Å²) in [6, 6.07) is 0.00185. The van der Waals surface area contributed by atoms with Gasteiger partial charge in [-0.1, -0.05) is 0 Å². The summed E-state index contributed by atoms with van der Waals surface area (Å²) < 4.78 is 35.4. The van der Waals surface area contributed by atoms with Crippen LogP contribution in [0.4, 0.5) is 13.2 Å². The largest absolute Gasteiger partial charge is 0.415 e. The van der Waals surface area contributed by atoms with E-state index in [0.717, 1.165) is 0 Å². The van der Waals surface area contributed by atoms with Crippen LogP contribution >= 0.6 is 0 Å². The van der Waals surface area contributed by atoms with Gasteiger partial charge in [0.15, 0.2) is 6.10 Å². The van der Waals surface area contributed by atoms with Crippen molar-refractivity contribution in [1.82, 2.24) is 4.90 Å². The third kappa shape index (κ3) is 6.30. The normalized spacial score (nSPS) is 14.5. The topological polar surface area (TPSA) is 23.5 Å². The van der Waals surface area contributed by atoms with Crippen molar-refractivity contribution in [3.05, 3.63) is 0 Å². The predicted octanol–water partition coefficient (Wildman–Crippen LogP) is 1.25. The number of hydrogen-bond acceptors (Lipinski definition) is 2. The first-order valence-corrected chi connectivity index (χ1v) is 3.70. The second-order valence-electron chi connectivity index (χ2n) is 3.09. The Balaban J connectivity index is 0. The van der Waals surface area contributed by atoms with Gasteiger partial charge >= 0.3 is 6.18 Å². The van der Waals surface area contributed by atoms with Crippen LogP contribution in [0.1, 0.15) is 13.8 Å². The first-order chi connectivity index (χ1) is 5.25. The number of hydrogen-bond donors (Lipinski definition) is 1. The Kier molecular flexibility index (Phi) is 7.03. The van der Waals surface area contributed by atoms with Gasteiger partial charge in [0.2, 0.25) is 0 Å². The average Bonchev–Trinajstić information content (AvgIpc) is 1.85. The molecule has 84 valence electrons. The van der Waals surface area contributed by atoms with Gasteiger partial charge in [-0.3, -0.25) is 0 Å². The van der Waals surface area contributed by atoms with Crippen LogP contribution in [0.15, 0.2) is 0 Å². The Morgan fingerprint density at radius 1 is 1.31 bits per heavy atom. The molecule has 0 aliphatic rings. The molecule has 0 bridgehead atoms. The zero-order chi connectivity index (χ0) is 9.94. The fraction of sp³-hybridized carbons (Fsp3) is 1.00. The van der Waals surface area contributed by atoms with Gasteiger partial charge in [0.25, 0.3) is 0 Å². The summed E-state index contributed by atoms with van der Waals surface area (Å²) in [6.45, 7) is 3.16. The molecular formula is C7H14F3NNiO. The van der Waals surface area contributed by atoms with E-state index in [9.17, 15) is 13.2 Å². The number of likely N-dealkylation sites (N-methyl/N-ethyl adjacent to an activating group) is 1. The van der Waals surface area contributed by atoms with E-state index in [1.165, 1.54) is 4.90 Å². The molecule has 0 aliphatic carbocycles. The standard InChI is InChI=1S/C7H14F3NO.Ni/c1-5(2)11(3)4-6(12)7(8,9)10;/h5-6,12H,4H2,1-3H3;. The summed E-state index contributed by atoms with van der Waals surface area (Å²) in [5, 5.41) is 8.64. The number of rotatable bonds is 3. The maximum absolute atomic E-state index is 11.8. The third-order valence-corrected chi connectivity index (χ3v) is 1.72. The van der Waals surface area contributed by atoms with E-state index in [0.29, 0.717) is 0 Å². The molecule has 0 amide bonds. The number of nitrogens with zero attached hydrogens (tertiary/aromatic N) is 1. The summed E-state index contributed by atoms with van der Waals surface area (Å²) in [7, 11) is 1.54. The Morgan fingerprint density at radius 2 is 1.69 bits per heavy atom. The summed E-state index contributed by atoms with van der Waals surface area (Å²) >= 11 is 0. The van der Waals surface area contributed by atoms with Crippen LogP contribution in [-0.4, -0.2) is 41.9 Å². The summed E-state index contributed by atoms with van der Waals surface area (Å²) in [4.78, 5) is 1.44. The summed E-state index contributed by atoms with van der Waals surface area (Å²) in [5.74, 6) is 0. The predicted molar refractivity (Wildman–Crippen MR) is 39.8 cm³/mol. The second kappa shape index (κ2) is 5.83. The van der Waals surface area contributed by atoms with Crippen LogP contribution in [0.3, 0.4) is 0 Å². The first-order valence-electron chi connectivity index (χ1n) is 3.70. The van der Waals surface area contributed by atoms with E-state index in [-0.39, 0.29) is 29.1 Å². The van der Waals surface area contributed by atoms with Gasteiger partial charge in [0, 0.05) is 29.1 Å². The molecule has 0 saturated heterocycles. The van der Waals surface area contributed by atoms with Crippen molar-refractivity contribution >= 4 is 0 Å². The smallest absolute Gasteiger partial charge is 0.382 e. The average molecular weight is 244 g/mol. The van der Waals surface area contributed by atoms with Gasteiger partial charge in [-0.05, 0) is 20.9 Å². The van der Waals surface area contributed by atoms with Gasteiger partial charge in [-0.2, -0.15) is 13.2 Å². The molecule has 1 atom stereocenters. The summed E-state index contributed by atoms with van der Waals surface area (Å²) in [6.07, 6.45) is -6.76. The van der Waals surface area contributed by atoms with Crippen molar-refractivity contribution in [2.45, 2.75) is 32.2 Å². The van der Waals surface area contributed by atoms with Crippen LogP contribution in [0.25, 0.3) is 0 Å². The third-order valence-electron chi connectivity index (χ3n) is 1.72. The Hall–Kier alpha value is 0.204. The van der Waals surface area contributed by atoms with Crippen molar-refractivity contribution in [2.75, 3.05) is 13.6 Å². The molecule has 0 radical (unpaired) electrons. The Labute approximate surface area is 86.0 Å². The minimum Gasteiger partial charge on any atom is -0.382 e. The van der Waals surface area contributed by atoms with Gasteiger partial charge in [0.05, 0.1) is 0 Å². The molecule has 0 rings (SSSR count). The maximum Gasteiger partial charge on any atom is 0.415 e. The van der Waals surface area contributed by atoms with Crippen molar-refractivity contribution < 1.29 is 34.8 Å². The number of halogens is 3. The van der Waals surface area contributed by atoms with Gasteiger partial charge in [-0.15, -0.1) is 0 Å². The molecule has 0 fully saturated rings. The van der Waals surface area contributed by atoms with Crippen LogP contribution in [0.2, 0.25) is 0 Å². The van der Waals surface area contributed by atoms with Crippen molar-refractivity contribution in [3.63, 3.8) is 0 Å². The van der Waals surface area contributed by atoms with Gasteiger partial charge in [0.1, 0.15) is 0 Å². The second-order valence-corrected chi connectivity index (χ2v) is 3.09. The molecule has 1 unspecified atom stereocenters. The van der Waals surface area contributed by atoms with E-state index in [2.05, 4.69) is 0 Å². The number of alkyl halides is 3. The van der Waals surface area contributed by atoms with Gasteiger partial charge < -0.3 is 10.0 Å². The van der Waals surface area contributed by atoms with Crippen LogP contribution in [0, 0.1) is 0 Å². The Bertz CT molecular complexity index is 140. The molecule has 13 heavy (non-hydrogen) atoms. The fourth-order valence-corrected chi connectivity index (χ4v) is 0.587. The van der Waals surface area contributed by atoms with E-state index in [1.54, 1.807) is 20.9 Å². The quantitative estimate of drug-likeness (QED) is 0.755. The zero-order valence-corrected chi connectivity index (χ0v) is 8.69. The molecule has 0 aromatic heterocycles. The van der Waals surface area contributed by atoms with Crippen LogP contribution < -0.4 is 0 Å². The van der Waals surface area contributed by atoms with E-state index in [1.807, 2.05) is 0 Å². The maximum atomic E-state index is 11.8. The zero-order valence-electron chi connectivity index (χ0n) is 7.71. The van der Waals surface area contributed by atoms with Crippen molar-refractivity contribution in [2.24, 2.45) is 0 Å². The van der Waals surface area contributed by atoms with Crippen molar-refractivity contribution in [1.29, 1.82) is 0 Å². The van der Waals surface area contributed by atoms with E-state index in [4.69, 9.17) is 5.11 Å². The molecule has 0 saturated carbocycles. The molecule has 1 N–H and O–H groups in total. The minimum atomic E-state index is -4.51. The molecule has 0 aromatic rings. The van der Waals surface area contributed by atoms with Crippen LogP contribution in [-0.2, 0) is 16.5 Å². The SMILES string of the molecule is CC(C)N(C)CC(O)C(F)(F)F.[Ni]. The van der Waals surface area contributed by atoms with Crippen molar-refractivity contribution in [3.8, 4) is 0 Å². The first kappa shape index (κ1) is 15.7. The Morgan fingerprint density at radius 3 is 1.92 bits per heavy atom. The molecule has 6 heteroatoms. The van der Waals surface area contributed by atoms with E-state index >= 15 is 0 Å². The molecular weight excluding hydrogens is 230 g/mol. The van der Waals surface area contributed by atoms with E-state index < -0.39 is 12.3 Å². The van der Waals surface area contributed by atoms with Crippen LogP contribution in [0.5, 0.6) is 0 Å². The number of aliphatic hydroxyl groups is 1. The molecule has 0 aliphatic heterocycles. The molecule has 2 nitrogen and oxygen atoms in total. The molecule has 0 aromatic carbocycles. The molecule has 0 heterocycles. The number of aliphatic hydroxyl groups excluding tert-OH is 1. The minimum absolute atomic E-state index is 0. The summed E-state index contributed by atoms with van der Waals surface area (Å²) in [5.41, 5.74) is 0. The fourth-order valence-electron chi connectivity index (χ4n) is 0.587. The van der Waals surface area contributed by atoms with Gasteiger partial charge in [-0.25, -0.2) is 0 Å². The monoisotopic (exact) mass is 243 g/mol. The molecule has 0 spiro atoms.